The Balaban J connectivity index is 2.18. The van der Waals surface area contributed by atoms with Crippen LogP contribution in [0.3, 0.4) is 0 Å². The number of carbonyl (C=O) groups excluding carboxylic acids is 2. The quantitative estimate of drug-likeness (QED) is 0.899. The molecule has 2 rings (SSSR count). The van der Waals surface area contributed by atoms with Gasteiger partial charge in [-0.3, -0.25) is 9.59 Å². The number of carbonyl (C=O) groups is 2. The lowest BCUT2D eigenvalue weighted by Crippen LogP contribution is -2.63. The number of hydrogen-bond donors (Lipinski definition) is 2. The molecule has 1 fully saturated rings. The molecule has 0 spiro atoms. The number of benzene rings is 1. The van der Waals surface area contributed by atoms with Gasteiger partial charge in [-0.1, -0.05) is 29.8 Å². The lowest BCUT2D eigenvalue weighted by atomic mass is 9.81. The zero-order chi connectivity index (χ0) is 16.5. The third kappa shape index (κ3) is 3.27. The van der Waals surface area contributed by atoms with E-state index < -0.39 is 11.0 Å². The van der Waals surface area contributed by atoms with E-state index in [9.17, 15) is 9.59 Å². The number of hydrogen-bond acceptors (Lipinski definition) is 2. The molecule has 0 aliphatic carbocycles. The van der Waals surface area contributed by atoms with Crippen LogP contribution in [-0.4, -0.2) is 23.4 Å². The van der Waals surface area contributed by atoms with E-state index in [4.69, 9.17) is 11.6 Å². The molecule has 4 nitrogen and oxygen atoms in total. The van der Waals surface area contributed by atoms with Crippen LogP contribution in [0.4, 0.5) is 0 Å². The van der Waals surface area contributed by atoms with Gasteiger partial charge in [0.2, 0.25) is 11.8 Å². The molecule has 0 aromatic heterocycles. The average molecular weight is 323 g/mol. The van der Waals surface area contributed by atoms with Crippen molar-refractivity contribution in [3.8, 4) is 0 Å². The topological polar surface area (TPSA) is 58.2 Å². The molecular weight excluding hydrogens is 300 g/mol. The average Bonchev–Trinajstić information content (AvgIpc) is 2.41. The largest absolute Gasteiger partial charge is 0.350 e. The molecule has 120 valence electrons. The highest BCUT2D eigenvalue weighted by Crippen LogP contribution is 2.31. The molecule has 0 radical (unpaired) electrons. The minimum absolute atomic E-state index is 0.0286. The van der Waals surface area contributed by atoms with Gasteiger partial charge in [-0.05, 0) is 45.7 Å². The Morgan fingerprint density at radius 2 is 2.00 bits per heavy atom. The van der Waals surface area contributed by atoms with Crippen LogP contribution in [0.1, 0.15) is 46.1 Å². The summed E-state index contributed by atoms with van der Waals surface area (Å²) in [7, 11) is 0. The molecule has 22 heavy (non-hydrogen) atoms. The van der Waals surface area contributed by atoms with Crippen LogP contribution in [0.2, 0.25) is 5.02 Å². The van der Waals surface area contributed by atoms with Gasteiger partial charge in [0.05, 0.1) is 17.0 Å². The number of rotatable bonds is 3. The third-order valence-corrected chi connectivity index (χ3v) is 4.74. The highest BCUT2D eigenvalue weighted by atomic mass is 35.5. The Morgan fingerprint density at radius 1 is 1.36 bits per heavy atom. The second-order valence-electron chi connectivity index (χ2n) is 6.94. The van der Waals surface area contributed by atoms with Gasteiger partial charge in [0.15, 0.2) is 0 Å². The smallest absolute Gasteiger partial charge is 0.230 e. The minimum atomic E-state index is -0.740. The van der Waals surface area contributed by atoms with Gasteiger partial charge in [0, 0.05) is 11.4 Å². The fourth-order valence-electron chi connectivity index (χ4n) is 2.83. The van der Waals surface area contributed by atoms with E-state index in [0.717, 1.165) is 5.56 Å². The zero-order valence-corrected chi connectivity index (χ0v) is 14.3. The fraction of sp³-hybridized carbons (Fsp3) is 0.529. The van der Waals surface area contributed by atoms with Crippen LogP contribution >= 0.6 is 11.6 Å². The SMILES string of the molecule is CC(C)(C(=O)NC1CCC(=O)NC1(C)C)c1ccccc1Cl. The van der Waals surface area contributed by atoms with Crippen molar-refractivity contribution in [1.82, 2.24) is 10.6 Å². The second kappa shape index (κ2) is 5.92. The summed E-state index contributed by atoms with van der Waals surface area (Å²) in [6, 6.07) is 7.28. The van der Waals surface area contributed by atoms with Crippen molar-refractivity contribution < 1.29 is 9.59 Å². The molecule has 1 atom stereocenters. The van der Waals surface area contributed by atoms with Crippen molar-refractivity contribution >= 4 is 23.4 Å². The predicted octanol–water partition coefficient (Wildman–Crippen LogP) is 2.79. The van der Waals surface area contributed by atoms with Crippen molar-refractivity contribution in [1.29, 1.82) is 0 Å². The van der Waals surface area contributed by atoms with Gasteiger partial charge in [0.1, 0.15) is 0 Å². The van der Waals surface area contributed by atoms with E-state index in [1.807, 2.05) is 45.9 Å². The maximum atomic E-state index is 12.8. The molecule has 1 aliphatic heterocycles. The first-order valence-electron chi connectivity index (χ1n) is 7.51. The van der Waals surface area contributed by atoms with E-state index in [1.54, 1.807) is 6.07 Å². The molecule has 1 aromatic rings. The Bertz CT molecular complexity index is 596. The van der Waals surface area contributed by atoms with Gasteiger partial charge >= 0.3 is 0 Å². The molecule has 2 N–H and O–H groups in total. The Morgan fingerprint density at radius 3 is 2.59 bits per heavy atom. The molecule has 1 saturated heterocycles. The Labute approximate surface area is 136 Å². The number of piperidine rings is 1. The summed E-state index contributed by atoms with van der Waals surface area (Å²) in [5, 5.41) is 6.60. The van der Waals surface area contributed by atoms with Crippen LogP contribution in [0.25, 0.3) is 0 Å². The molecule has 1 unspecified atom stereocenters. The lowest BCUT2D eigenvalue weighted by Gasteiger charge is -2.41. The molecule has 5 heteroatoms. The van der Waals surface area contributed by atoms with E-state index in [2.05, 4.69) is 10.6 Å². The van der Waals surface area contributed by atoms with E-state index >= 15 is 0 Å². The molecule has 1 aromatic carbocycles. The monoisotopic (exact) mass is 322 g/mol. The molecular formula is C17H23ClN2O2. The third-order valence-electron chi connectivity index (χ3n) is 4.41. The van der Waals surface area contributed by atoms with Crippen LogP contribution < -0.4 is 10.6 Å². The zero-order valence-electron chi connectivity index (χ0n) is 13.5. The first-order valence-corrected chi connectivity index (χ1v) is 7.89. The summed E-state index contributed by atoms with van der Waals surface area (Å²) in [5.41, 5.74) is -0.399. The van der Waals surface area contributed by atoms with Crippen molar-refractivity contribution in [2.45, 2.75) is 57.5 Å². The van der Waals surface area contributed by atoms with E-state index in [0.29, 0.717) is 17.9 Å². The summed E-state index contributed by atoms with van der Waals surface area (Å²) in [4.78, 5) is 24.3. The number of halogens is 1. The lowest BCUT2D eigenvalue weighted by molar-refractivity contribution is -0.130. The predicted molar refractivity (Wildman–Crippen MR) is 87.9 cm³/mol. The van der Waals surface area contributed by atoms with Crippen LogP contribution in [0.5, 0.6) is 0 Å². The summed E-state index contributed by atoms with van der Waals surface area (Å²) >= 11 is 6.23. The standard InChI is InChI=1S/C17H23ClN2O2/c1-16(2,11-7-5-6-8-12(11)18)15(22)19-13-9-10-14(21)20-17(13,3)4/h5-8,13H,9-10H2,1-4H3,(H,19,22)(H,20,21). The highest BCUT2D eigenvalue weighted by molar-refractivity contribution is 6.31. The summed E-state index contributed by atoms with van der Waals surface area (Å²) < 4.78 is 0. The summed E-state index contributed by atoms with van der Waals surface area (Å²) in [6.07, 6.45) is 1.07. The first-order chi connectivity index (χ1) is 10.1. The van der Waals surface area contributed by atoms with Crippen molar-refractivity contribution in [3.05, 3.63) is 34.9 Å². The van der Waals surface area contributed by atoms with Gasteiger partial charge < -0.3 is 10.6 Å². The van der Waals surface area contributed by atoms with E-state index in [-0.39, 0.29) is 17.9 Å². The summed E-state index contributed by atoms with van der Waals surface area (Å²) in [6.45, 7) is 7.57. The minimum Gasteiger partial charge on any atom is -0.350 e. The van der Waals surface area contributed by atoms with Crippen molar-refractivity contribution in [2.75, 3.05) is 0 Å². The molecule has 2 amide bonds. The molecule has 0 saturated carbocycles. The first kappa shape index (κ1) is 16.8. The van der Waals surface area contributed by atoms with Crippen LogP contribution in [0.15, 0.2) is 24.3 Å². The molecule has 1 aliphatic rings. The fourth-order valence-corrected chi connectivity index (χ4v) is 3.20. The Hall–Kier alpha value is -1.55. The molecule has 1 heterocycles. The number of amides is 2. The van der Waals surface area contributed by atoms with Gasteiger partial charge in [-0.2, -0.15) is 0 Å². The van der Waals surface area contributed by atoms with Gasteiger partial charge in [-0.15, -0.1) is 0 Å². The highest BCUT2D eigenvalue weighted by Gasteiger charge is 2.40. The van der Waals surface area contributed by atoms with E-state index in [1.165, 1.54) is 0 Å². The summed E-state index contributed by atoms with van der Waals surface area (Å²) in [5.74, 6) is -0.0595. The van der Waals surface area contributed by atoms with Crippen molar-refractivity contribution in [2.24, 2.45) is 0 Å². The maximum Gasteiger partial charge on any atom is 0.230 e. The van der Waals surface area contributed by atoms with Crippen LogP contribution in [0, 0.1) is 0 Å². The van der Waals surface area contributed by atoms with Crippen molar-refractivity contribution in [3.63, 3.8) is 0 Å². The van der Waals surface area contributed by atoms with Crippen LogP contribution in [-0.2, 0) is 15.0 Å². The van der Waals surface area contributed by atoms with Gasteiger partial charge in [0.25, 0.3) is 0 Å². The number of nitrogens with one attached hydrogen (secondary N) is 2. The Kier molecular flexibility index (Phi) is 4.52. The molecule has 0 bridgehead atoms. The maximum absolute atomic E-state index is 12.8. The second-order valence-corrected chi connectivity index (χ2v) is 7.35. The normalized spacial score (nSPS) is 21.1. The van der Waals surface area contributed by atoms with Gasteiger partial charge in [-0.25, -0.2) is 0 Å².